The molecule has 0 saturated carbocycles. The van der Waals surface area contributed by atoms with Gasteiger partial charge in [-0.2, -0.15) is 0 Å². The van der Waals surface area contributed by atoms with Crippen molar-refractivity contribution in [1.82, 2.24) is 0 Å². The van der Waals surface area contributed by atoms with Crippen molar-refractivity contribution in [1.29, 1.82) is 0 Å². The smallest absolute Gasteiger partial charge is 0.259 e. The Kier molecular flexibility index (Phi) is 3.94. The number of hydrogen-bond donors (Lipinski definition) is 1. The molecule has 5 nitrogen and oxygen atoms in total. The van der Waals surface area contributed by atoms with E-state index in [-0.39, 0.29) is 11.8 Å². The second-order valence-electron chi connectivity index (χ2n) is 5.93. The maximum Gasteiger partial charge on any atom is 0.259 e. The fourth-order valence-electron chi connectivity index (χ4n) is 2.99. The van der Waals surface area contributed by atoms with Crippen LogP contribution in [-0.4, -0.2) is 18.4 Å². The first-order valence-electron chi connectivity index (χ1n) is 7.75. The number of anilines is 2. The molecule has 2 amide bonds. The first-order chi connectivity index (χ1) is 11.0. The van der Waals surface area contributed by atoms with E-state index >= 15 is 0 Å². The Labute approximate surface area is 135 Å². The third-order valence-corrected chi connectivity index (χ3v) is 4.10. The van der Waals surface area contributed by atoms with E-state index in [0.717, 1.165) is 24.2 Å². The summed E-state index contributed by atoms with van der Waals surface area (Å²) in [6.45, 7) is 6.30. The van der Waals surface area contributed by atoms with Crippen molar-refractivity contribution in [3.8, 4) is 0 Å². The molecule has 23 heavy (non-hydrogen) atoms. The standard InChI is InChI=1S/C18H20N2O3/c1-11-9-14(6-7-16(11)20-8-4-5-17(20)21)19-18(22)15-10-12(2)23-13(15)3/h6-7,9-10H,4-5,8H2,1-3H3,(H,19,22). The molecule has 0 aliphatic carbocycles. The Morgan fingerprint density at radius 2 is 2.00 bits per heavy atom. The number of furan rings is 1. The van der Waals surface area contributed by atoms with Gasteiger partial charge in [0.05, 0.1) is 5.56 Å². The third kappa shape index (κ3) is 2.99. The maximum absolute atomic E-state index is 12.3. The number of hydrogen-bond acceptors (Lipinski definition) is 3. The van der Waals surface area contributed by atoms with Crippen molar-refractivity contribution in [2.75, 3.05) is 16.8 Å². The highest BCUT2D eigenvalue weighted by molar-refractivity contribution is 6.05. The molecule has 1 aliphatic rings. The molecular weight excluding hydrogens is 292 g/mol. The van der Waals surface area contributed by atoms with Gasteiger partial charge >= 0.3 is 0 Å². The van der Waals surface area contributed by atoms with E-state index in [1.807, 2.05) is 36.9 Å². The van der Waals surface area contributed by atoms with Crippen molar-refractivity contribution >= 4 is 23.2 Å². The molecule has 2 heterocycles. The molecule has 1 aromatic heterocycles. The lowest BCUT2D eigenvalue weighted by Gasteiger charge is -2.19. The number of nitrogens with zero attached hydrogens (tertiary/aromatic N) is 1. The SMILES string of the molecule is Cc1cc(C(=O)Nc2ccc(N3CCCC3=O)c(C)c2)c(C)o1. The predicted octanol–water partition coefficient (Wildman–Crippen LogP) is 3.58. The quantitative estimate of drug-likeness (QED) is 0.942. The highest BCUT2D eigenvalue weighted by Crippen LogP contribution is 2.27. The molecule has 3 rings (SSSR count). The van der Waals surface area contributed by atoms with E-state index in [1.54, 1.807) is 13.0 Å². The Morgan fingerprint density at radius 3 is 2.57 bits per heavy atom. The Morgan fingerprint density at radius 1 is 1.22 bits per heavy atom. The van der Waals surface area contributed by atoms with Crippen LogP contribution in [0.4, 0.5) is 11.4 Å². The van der Waals surface area contributed by atoms with Crippen molar-refractivity contribution in [2.24, 2.45) is 0 Å². The number of carbonyl (C=O) groups excluding carboxylic acids is 2. The van der Waals surface area contributed by atoms with Crippen molar-refractivity contribution < 1.29 is 14.0 Å². The van der Waals surface area contributed by atoms with Crippen LogP contribution in [0.2, 0.25) is 0 Å². The van der Waals surface area contributed by atoms with Gasteiger partial charge in [0.2, 0.25) is 5.91 Å². The van der Waals surface area contributed by atoms with E-state index < -0.39 is 0 Å². The van der Waals surface area contributed by atoms with Crippen LogP contribution in [0.15, 0.2) is 28.7 Å². The number of amides is 2. The maximum atomic E-state index is 12.3. The topological polar surface area (TPSA) is 62.6 Å². The number of aryl methyl sites for hydroxylation is 3. The highest BCUT2D eigenvalue weighted by Gasteiger charge is 2.23. The normalized spacial score (nSPS) is 14.4. The second-order valence-corrected chi connectivity index (χ2v) is 5.93. The number of nitrogens with one attached hydrogen (secondary N) is 1. The minimum Gasteiger partial charge on any atom is -0.466 e. The molecule has 1 fully saturated rings. The monoisotopic (exact) mass is 312 g/mol. The molecule has 2 aromatic rings. The van der Waals surface area contributed by atoms with Crippen LogP contribution in [0.25, 0.3) is 0 Å². The van der Waals surface area contributed by atoms with Crippen molar-refractivity contribution in [3.05, 3.63) is 46.9 Å². The summed E-state index contributed by atoms with van der Waals surface area (Å²) in [6.07, 6.45) is 1.51. The third-order valence-electron chi connectivity index (χ3n) is 4.10. The van der Waals surface area contributed by atoms with E-state index in [1.165, 1.54) is 0 Å². The van der Waals surface area contributed by atoms with Gasteiger partial charge in [0, 0.05) is 24.3 Å². The second kappa shape index (κ2) is 5.91. The largest absolute Gasteiger partial charge is 0.466 e. The van der Waals surface area contributed by atoms with Crippen LogP contribution in [0.5, 0.6) is 0 Å². The van der Waals surface area contributed by atoms with Gasteiger partial charge in [-0.25, -0.2) is 0 Å². The summed E-state index contributed by atoms with van der Waals surface area (Å²) in [4.78, 5) is 26.0. The Hall–Kier alpha value is -2.56. The lowest BCUT2D eigenvalue weighted by atomic mass is 10.1. The first kappa shape index (κ1) is 15.3. The molecule has 0 unspecified atom stereocenters. The minimum absolute atomic E-state index is 0.161. The fourth-order valence-corrected chi connectivity index (χ4v) is 2.99. The van der Waals surface area contributed by atoms with E-state index in [2.05, 4.69) is 5.32 Å². The van der Waals surface area contributed by atoms with Gasteiger partial charge in [0.1, 0.15) is 11.5 Å². The molecule has 0 atom stereocenters. The van der Waals surface area contributed by atoms with Gasteiger partial charge in [-0.1, -0.05) is 0 Å². The van der Waals surface area contributed by atoms with Crippen LogP contribution >= 0.6 is 0 Å². The van der Waals surface area contributed by atoms with Crippen LogP contribution in [-0.2, 0) is 4.79 Å². The summed E-state index contributed by atoms with van der Waals surface area (Å²) >= 11 is 0. The predicted molar refractivity (Wildman–Crippen MR) is 88.9 cm³/mol. The van der Waals surface area contributed by atoms with Gasteiger partial charge < -0.3 is 14.6 Å². The lowest BCUT2D eigenvalue weighted by Crippen LogP contribution is -2.24. The van der Waals surface area contributed by atoms with E-state index in [9.17, 15) is 9.59 Å². The van der Waals surface area contributed by atoms with Gasteiger partial charge in [0.25, 0.3) is 5.91 Å². The van der Waals surface area contributed by atoms with Gasteiger partial charge in [-0.05, 0) is 57.0 Å². The lowest BCUT2D eigenvalue weighted by molar-refractivity contribution is -0.117. The zero-order valence-electron chi connectivity index (χ0n) is 13.6. The molecule has 0 spiro atoms. The summed E-state index contributed by atoms with van der Waals surface area (Å²) in [5, 5.41) is 2.88. The van der Waals surface area contributed by atoms with Gasteiger partial charge in [-0.3, -0.25) is 9.59 Å². The average Bonchev–Trinajstić information content (AvgIpc) is 3.05. The summed E-state index contributed by atoms with van der Waals surface area (Å²) in [6, 6.07) is 7.34. The fraction of sp³-hybridized carbons (Fsp3) is 0.333. The summed E-state index contributed by atoms with van der Waals surface area (Å²) in [5.41, 5.74) is 3.14. The van der Waals surface area contributed by atoms with E-state index in [4.69, 9.17) is 4.42 Å². The zero-order valence-corrected chi connectivity index (χ0v) is 13.6. The highest BCUT2D eigenvalue weighted by atomic mass is 16.3. The molecule has 1 saturated heterocycles. The molecule has 1 N–H and O–H groups in total. The average molecular weight is 312 g/mol. The minimum atomic E-state index is -0.191. The van der Waals surface area contributed by atoms with Crippen LogP contribution in [0.1, 0.15) is 40.3 Å². The Bertz CT molecular complexity index is 777. The summed E-state index contributed by atoms with van der Waals surface area (Å²) in [5.74, 6) is 1.29. The zero-order chi connectivity index (χ0) is 16.6. The summed E-state index contributed by atoms with van der Waals surface area (Å²) in [7, 11) is 0. The van der Waals surface area contributed by atoms with Gasteiger partial charge in [-0.15, -0.1) is 0 Å². The first-order valence-corrected chi connectivity index (χ1v) is 7.75. The van der Waals surface area contributed by atoms with Crippen LogP contribution < -0.4 is 10.2 Å². The molecule has 0 radical (unpaired) electrons. The van der Waals surface area contributed by atoms with E-state index in [0.29, 0.717) is 29.2 Å². The van der Waals surface area contributed by atoms with Crippen molar-refractivity contribution in [2.45, 2.75) is 33.6 Å². The summed E-state index contributed by atoms with van der Waals surface area (Å²) < 4.78 is 5.39. The molecule has 5 heteroatoms. The number of benzene rings is 1. The number of rotatable bonds is 3. The molecular formula is C18H20N2O3. The number of carbonyl (C=O) groups is 2. The van der Waals surface area contributed by atoms with Gasteiger partial charge in [0.15, 0.2) is 0 Å². The van der Waals surface area contributed by atoms with Crippen LogP contribution in [0.3, 0.4) is 0 Å². The molecule has 1 aromatic carbocycles. The molecule has 120 valence electrons. The molecule has 1 aliphatic heterocycles. The molecule has 0 bridgehead atoms. The van der Waals surface area contributed by atoms with Crippen LogP contribution in [0, 0.1) is 20.8 Å². The Balaban J connectivity index is 1.79. The van der Waals surface area contributed by atoms with Crippen molar-refractivity contribution in [3.63, 3.8) is 0 Å².